The Labute approximate surface area is 98.9 Å². The van der Waals surface area contributed by atoms with E-state index in [9.17, 15) is 4.79 Å². The number of thiazole rings is 1. The van der Waals surface area contributed by atoms with Gasteiger partial charge in [0.05, 0.1) is 12.5 Å². The van der Waals surface area contributed by atoms with Crippen LogP contribution in [0.5, 0.6) is 0 Å². The second-order valence-corrected chi connectivity index (χ2v) is 5.34. The molecule has 1 aromatic rings. The molecule has 0 saturated carbocycles. The van der Waals surface area contributed by atoms with Gasteiger partial charge in [0.25, 0.3) is 0 Å². The van der Waals surface area contributed by atoms with Crippen molar-refractivity contribution in [2.45, 2.75) is 31.7 Å². The van der Waals surface area contributed by atoms with Gasteiger partial charge in [-0.2, -0.15) is 0 Å². The van der Waals surface area contributed by atoms with Gasteiger partial charge in [-0.1, -0.05) is 0 Å². The molecule has 2 rings (SSSR count). The number of carbonyl (C=O) groups is 1. The van der Waals surface area contributed by atoms with Gasteiger partial charge in [-0.3, -0.25) is 9.69 Å². The molecule has 1 aliphatic heterocycles. The lowest BCUT2D eigenvalue weighted by Gasteiger charge is -2.16. The van der Waals surface area contributed by atoms with Crippen LogP contribution in [0.3, 0.4) is 0 Å². The van der Waals surface area contributed by atoms with Crippen LogP contribution in [0.1, 0.15) is 35.2 Å². The van der Waals surface area contributed by atoms with Crippen LogP contribution in [0.2, 0.25) is 0 Å². The number of carboxylic acid groups (broad SMARTS) is 1. The van der Waals surface area contributed by atoms with E-state index in [1.165, 1.54) is 12.8 Å². The third-order valence-corrected chi connectivity index (χ3v) is 4.12. The highest BCUT2D eigenvalue weighted by atomic mass is 32.1. The molecule has 1 atom stereocenters. The molecular formula is C11H16N2O2S. The number of hydrogen-bond donors (Lipinski definition) is 1. The Bertz CT molecular complexity index is 378. The van der Waals surface area contributed by atoms with Gasteiger partial charge in [0.15, 0.2) is 0 Å². The Hall–Kier alpha value is -0.940. The van der Waals surface area contributed by atoms with Crippen molar-refractivity contribution < 1.29 is 9.90 Å². The molecule has 1 unspecified atom stereocenters. The number of rotatable bonds is 4. The average Bonchev–Trinajstić information content (AvgIpc) is 2.83. The van der Waals surface area contributed by atoms with Crippen molar-refractivity contribution in [1.82, 2.24) is 9.88 Å². The normalized spacial score (nSPS) is 21.4. The maximum atomic E-state index is 10.5. The zero-order valence-electron chi connectivity index (χ0n) is 9.35. The lowest BCUT2D eigenvalue weighted by molar-refractivity contribution is -0.136. The second-order valence-electron chi connectivity index (χ2n) is 4.20. The van der Waals surface area contributed by atoms with Crippen LogP contribution in [0.4, 0.5) is 0 Å². The van der Waals surface area contributed by atoms with Crippen molar-refractivity contribution in [2.24, 2.45) is 0 Å². The summed E-state index contributed by atoms with van der Waals surface area (Å²) >= 11 is 1.66. The van der Waals surface area contributed by atoms with Crippen molar-refractivity contribution in [3.8, 4) is 0 Å². The minimum atomic E-state index is -0.743. The van der Waals surface area contributed by atoms with E-state index in [0.29, 0.717) is 12.5 Å². The van der Waals surface area contributed by atoms with Crippen LogP contribution in [0, 0.1) is 0 Å². The number of carboxylic acids is 1. The highest BCUT2D eigenvalue weighted by molar-refractivity contribution is 7.11. The maximum absolute atomic E-state index is 10.5. The number of aliphatic carboxylic acids is 1. The molecule has 16 heavy (non-hydrogen) atoms. The molecule has 0 spiro atoms. The molecule has 0 aliphatic carbocycles. The Kier molecular flexibility index (Phi) is 3.56. The van der Waals surface area contributed by atoms with Gasteiger partial charge in [-0.25, -0.2) is 4.98 Å². The van der Waals surface area contributed by atoms with E-state index in [4.69, 9.17) is 5.11 Å². The second kappa shape index (κ2) is 4.93. The fourth-order valence-corrected chi connectivity index (χ4v) is 3.16. The van der Waals surface area contributed by atoms with Gasteiger partial charge in [0.1, 0.15) is 5.01 Å². The first kappa shape index (κ1) is 11.5. The summed E-state index contributed by atoms with van der Waals surface area (Å²) in [6.45, 7) is 1.13. The first-order valence-electron chi connectivity index (χ1n) is 5.53. The number of likely N-dealkylation sites (tertiary alicyclic amines) is 1. The summed E-state index contributed by atoms with van der Waals surface area (Å²) in [5, 5.41) is 9.75. The minimum absolute atomic E-state index is 0.197. The molecule has 1 N–H and O–H groups in total. The van der Waals surface area contributed by atoms with E-state index in [1.807, 2.05) is 6.20 Å². The number of nitrogens with zero attached hydrogens (tertiary/aromatic N) is 2. The Morgan fingerprint density at radius 3 is 3.19 bits per heavy atom. The SMILES string of the molecule is CN1CCCC1c1ncc(CCC(=O)O)s1. The van der Waals surface area contributed by atoms with Crippen molar-refractivity contribution in [3.63, 3.8) is 0 Å². The van der Waals surface area contributed by atoms with Crippen molar-refractivity contribution in [1.29, 1.82) is 0 Å². The van der Waals surface area contributed by atoms with Gasteiger partial charge in [-0.05, 0) is 32.9 Å². The fourth-order valence-electron chi connectivity index (χ4n) is 2.04. The monoisotopic (exact) mass is 240 g/mol. The van der Waals surface area contributed by atoms with Crippen molar-refractivity contribution >= 4 is 17.3 Å². The molecule has 88 valence electrons. The Morgan fingerprint density at radius 2 is 2.56 bits per heavy atom. The van der Waals surface area contributed by atoms with E-state index in [1.54, 1.807) is 11.3 Å². The van der Waals surface area contributed by atoms with Gasteiger partial charge in [0.2, 0.25) is 0 Å². The minimum Gasteiger partial charge on any atom is -0.481 e. The zero-order chi connectivity index (χ0) is 11.5. The Balaban J connectivity index is 1.99. The Morgan fingerprint density at radius 1 is 1.75 bits per heavy atom. The fraction of sp³-hybridized carbons (Fsp3) is 0.636. The highest BCUT2D eigenvalue weighted by Crippen LogP contribution is 2.33. The standard InChI is InChI=1S/C11H16N2O2S/c1-13-6-2-3-9(13)11-12-7-8(16-11)4-5-10(14)15/h7,9H,2-6H2,1H3,(H,14,15). The maximum Gasteiger partial charge on any atom is 0.303 e. The molecule has 1 fully saturated rings. The molecule has 0 bridgehead atoms. The molecule has 0 radical (unpaired) electrons. The first-order chi connectivity index (χ1) is 7.66. The largest absolute Gasteiger partial charge is 0.481 e. The molecule has 1 aromatic heterocycles. The van der Waals surface area contributed by atoms with E-state index in [-0.39, 0.29) is 6.42 Å². The van der Waals surface area contributed by atoms with Crippen LogP contribution in [0.15, 0.2) is 6.20 Å². The van der Waals surface area contributed by atoms with Crippen LogP contribution in [-0.4, -0.2) is 34.6 Å². The number of hydrogen-bond acceptors (Lipinski definition) is 4. The van der Waals surface area contributed by atoms with Crippen LogP contribution < -0.4 is 0 Å². The van der Waals surface area contributed by atoms with E-state index in [2.05, 4.69) is 16.9 Å². The van der Waals surface area contributed by atoms with Gasteiger partial charge < -0.3 is 5.11 Å². The molecule has 1 aliphatic rings. The third-order valence-electron chi connectivity index (χ3n) is 2.96. The van der Waals surface area contributed by atoms with Gasteiger partial charge >= 0.3 is 5.97 Å². The number of aromatic nitrogens is 1. The molecule has 1 saturated heterocycles. The van der Waals surface area contributed by atoms with Crippen LogP contribution >= 0.6 is 11.3 Å². The molecule has 4 nitrogen and oxygen atoms in total. The molecular weight excluding hydrogens is 224 g/mol. The summed E-state index contributed by atoms with van der Waals surface area (Å²) < 4.78 is 0. The van der Waals surface area contributed by atoms with Gasteiger partial charge in [-0.15, -0.1) is 11.3 Å². The van der Waals surface area contributed by atoms with E-state index in [0.717, 1.165) is 16.4 Å². The summed E-state index contributed by atoms with van der Waals surface area (Å²) in [6, 6.07) is 0.448. The lowest BCUT2D eigenvalue weighted by Crippen LogP contribution is -2.17. The molecule has 0 amide bonds. The quantitative estimate of drug-likeness (QED) is 0.873. The van der Waals surface area contributed by atoms with E-state index >= 15 is 0 Å². The molecule has 2 heterocycles. The van der Waals surface area contributed by atoms with Crippen LogP contribution in [0.25, 0.3) is 0 Å². The molecule has 5 heteroatoms. The number of aryl methyl sites for hydroxylation is 1. The first-order valence-corrected chi connectivity index (χ1v) is 6.35. The van der Waals surface area contributed by atoms with Gasteiger partial charge in [0, 0.05) is 11.1 Å². The zero-order valence-corrected chi connectivity index (χ0v) is 10.2. The topological polar surface area (TPSA) is 53.4 Å². The summed E-state index contributed by atoms with van der Waals surface area (Å²) in [5.74, 6) is -0.743. The van der Waals surface area contributed by atoms with Crippen molar-refractivity contribution in [2.75, 3.05) is 13.6 Å². The average molecular weight is 240 g/mol. The summed E-state index contributed by atoms with van der Waals surface area (Å²) in [6.07, 6.45) is 5.02. The summed E-state index contributed by atoms with van der Waals surface area (Å²) in [5.41, 5.74) is 0. The van der Waals surface area contributed by atoms with Crippen molar-refractivity contribution in [3.05, 3.63) is 16.1 Å². The molecule has 0 aromatic carbocycles. The van der Waals surface area contributed by atoms with Crippen LogP contribution in [-0.2, 0) is 11.2 Å². The summed E-state index contributed by atoms with van der Waals surface area (Å²) in [7, 11) is 2.12. The predicted molar refractivity (Wildman–Crippen MR) is 62.7 cm³/mol. The summed E-state index contributed by atoms with van der Waals surface area (Å²) in [4.78, 5) is 18.3. The van der Waals surface area contributed by atoms with E-state index < -0.39 is 5.97 Å². The highest BCUT2D eigenvalue weighted by Gasteiger charge is 2.25. The smallest absolute Gasteiger partial charge is 0.303 e. The predicted octanol–water partition coefficient (Wildman–Crippen LogP) is 1.93. The lowest BCUT2D eigenvalue weighted by atomic mass is 10.2. The third kappa shape index (κ3) is 2.59.